The molecule has 28 heavy (non-hydrogen) atoms. The molecule has 1 aliphatic carbocycles. The first-order valence-electron chi connectivity index (χ1n) is 10.5. The van der Waals surface area contributed by atoms with Crippen LogP contribution < -0.4 is 0 Å². The highest BCUT2D eigenvalue weighted by molar-refractivity contribution is 7.89. The molecule has 6 nitrogen and oxygen atoms in total. The second-order valence-electron chi connectivity index (χ2n) is 9.11. The van der Waals surface area contributed by atoms with Crippen molar-refractivity contribution in [1.82, 2.24) is 9.21 Å². The fourth-order valence-corrected chi connectivity index (χ4v) is 7.48. The van der Waals surface area contributed by atoms with Gasteiger partial charge in [0.05, 0.1) is 10.5 Å². The van der Waals surface area contributed by atoms with Crippen molar-refractivity contribution in [3.05, 3.63) is 29.8 Å². The Morgan fingerprint density at radius 1 is 0.929 bits per heavy atom. The number of carboxylic acids is 1. The Morgan fingerprint density at radius 2 is 1.61 bits per heavy atom. The van der Waals surface area contributed by atoms with Crippen molar-refractivity contribution in [3.8, 4) is 0 Å². The molecule has 5 rings (SSSR count). The maximum absolute atomic E-state index is 13.2. The van der Waals surface area contributed by atoms with Crippen LogP contribution in [0.25, 0.3) is 0 Å². The minimum Gasteiger partial charge on any atom is -0.478 e. The van der Waals surface area contributed by atoms with Crippen LogP contribution in [0.1, 0.15) is 48.9 Å². The highest BCUT2D eigenvalue weighted by atomic mass is 32.2. The van der Waals surface area contributed by atoms with Crippen LogP contribution in [-0.4, -0.2) is 60.4 Å². The predicted molar refractivity (Wildman–Crippen MR) is 105 cm³/mol. The summed E-state index contributed by atoms with van der Waals surface area (Å²) in [6.07, 6.45) is 7.67. The first kappa shape index (κ1) is 18.6. The SMILES string of the molecule is O=C(O)c1ccc(S(=O)(=O)N2C[C@@H]3C[C@H](C2)[C@@H]2CCC[C@H](C4CC4)N2C3)cc1. The Labute approximate surface area is 166 Å². The lowest BCUT2D eigenvalue weighted by Gasteiger charge is -2.55. The Bertz CT molecular complexity index is 865. The second-order valence-corrected chi connectivity index (χ2v) is 11.1. The number of carbonyl (C=O) groups is 1. The number of carboxylic acid groups (broad SMARTS) is 1. The predicted octanol–water partition coefficient (Wildman–Crippen LogP) is 2.66. The fourth-order valence-electron chi connectivity index (χ4n) is 5.90. The lowest BCUT2D eigenvalue weighted by Crippen LogP contribution is -2.62. The number of rotatable bonds is 4. The Balaban J connectivity index is 1.36. The maximum Gasteiger partial charge on any atom is 0.335 e. The molecule has 1 aromatic carbocycles. The topological polar surface area (TPSA) is 77.9 Å². The number of hydrogen-bond donors (Lipinski definition) is 1. The molecule has 1 N–H and O–H groups in total. The van der Waals surface area contributed by atoms with E-state index in [2.05, 4.69) is 4.90 Å². The normalized spacial score (nSPS) is 34.0. The largest absolute Gasteiger partial charge is 0.478 e. The van der Waals surface area contributed by atoms with Gasteiger partial charge in [0.15, 0.2) is 0 Å². The van der Waals surface area contributed by atoms with Crippen molar-refractivity contribution in [2.75, 3.05) is 19.6 Å². The molecule has 0 radical (unpaired) electrons. The van der Waals surface area contributed by atoms with Crippen LogP contribution in [0.5, 0.6) is 0 Å². The lowest BCUT2D eigenvalue weighted by molar-refractivity contribution is -0.0462. The standard InChI is InChI=1S/C21H28N2O4S/c24-21(25)16-6-8-18(9-7-16)28(26,27)22-11-14-10-17(13-22)20-3-1-2-19(15-4-5-15)23(20)12-14/h6-9,14-15,17,19-20H,1-5,10-13H2,(H,24,25)/t14-,17+,19+,20-/m0/s1. The zero-order chi connectivity index (χ0) is 19.5. The van der Waals surface area contributed by atoms with Crippen molar-refractivity contribution < 1.29 is 18.3 Å². The average molecular weight is 405 g/mol. The van der Waals surface area contributed by atoms with Crippen LogP contribution in [-0.2, 0) is 10.0 Å². The average Bonchev–Trinajstić information content (AvgIpc) is 3.52. The van der Waals surface area contributed by atoms with E-state index in [1.165, 1.54) is 56.4 Å². The van der Waals surface area contributed by atoms with Gasteiger partial charge in [-0.05, 0) is 74.1 Å². The molecule has 3 heterocycles. The fraction of sp³-hybridized carbons (Fsp3) is 0.667. The summed E-state index contributed by atoms with van der Waals surface area (Å²) in [4.78, 5) is 14.0. The summed E-state index contributed by atoms with van der Waals surface area (Å²) in [7, 11) is -3.58. The van der Waals surface area contributed by atoms with Crippen molar-refractivity contribution in [2.24, 2.45) is 17.8 Å². The first-order chi connectivity index (χ1) is 13.4. The lowest BCUT2D eigenvalue weighted by atomic mass is 9.74. The third-order valence-electron chi connectivity index (χ3n) is 7.31. The van der Waals surface area contributed by atoms with E-state index in [0.717, 1.165) is 24.9 Å². The Morgan fingerprint density at radius 3 is 2.25 bits per heavy atom. The summed E-state index contributed by atoms with van der Waals surface area (Å²) in [5.74, 6) is 0.665. The van der Waals surface area contributed by atoms with Crippen LogP contribution in [0, 0.1) is 17.8 Å². The van der Waals surface area contributed by atoms with Crippen LogP contribution in [0.2, 0.25) is 0 Å². The summed E-state index contributed by atoms with van der Waals surface area (Å²) in [5, 5.41) is 9.05. The summed E-state index contributed by atoms with van der Waals surface area (Å²) in [6.45, 7) is 2.21. The van der Waals surface area contributed by atoms with Gasteiger partial charge in [-0.25, -0.2) is 13.2 Å². The summed E-state index contributed by atoms with van der Waals surface area (Å²) >= 11 is 0. The number of sulfonamides is 1. The third-order valence-corrected chi connectivity index (χ3v) is 9.15. The highest BCUT2D eigenvalue weighted by Gasteiger charge is 2.49. The number of piperidine rings is 3. The van der Waals surface area contributed by atoms with Crippen LogP contribution in [0.4, 0.5) is 0 Å². The smallest absolute Gasteiger partial charge is 0.335 e. The molecular formula is C21H28N2O4S. The molecule has 1 saturated carbocycles. The monoisotopic (exact) mass is 404 g/mol. The van der Waals surface area contributed by atoms with Crippen LogP contribution in [0.3, 0.4) is 0 Å². The van der Waals surface area contributed by atoms with Crippen molar-refractivity contribution in [3.63, 3.8) is 0 Å². The summed E-state index contributed by atoms with van der Waals surface area (Å²) in [5.41, 5.74) is 0.110. The van der Waals surface area contributed by atoms with E-state index in [1.807, 2.05) is 0 Å². The van der Waals surface area contributed by atoms with Gasteiger partial charge < -0.3 is 5.11 Å². The Hall–Kier alpha value is -1.44. The molecule has 0 spiro atoms. The zero-order valence-electron chi connectivity index (χ0n) is 16.0. The summed E-state index contributed by atoms with van der Waals surface area (Å²) < 4.78 is 28.1. The quantitative estimate of drug-likeness (QED) is 0.835. The second kappa shape index (κ2) is 6.82. The van der Waals surface area contributed by atoms with Crippen molar-refractivity contribution in [2.45, 2.75) is 55.5 Å². The van der Waals surface area contributed by atoms with Gasteiger partial charge in [0.1, 0.15) is 0 Å². The van der Waals surface area contributed by atoms with Gasteiger partial charge in [-0.1, -0.05) is 6.42 Å². The molecule has 152 valence electrons. The molecule has 4 aliphatic rings. The molecule has 0 unspecified atom stereocenters. The van der Waals surface area contributed by atoms with Crippen LogP contribution >= 0.6 is 0 Å². The van der Waals surface area contributed by atoms with Gasteiger partial charge in [-0.3, -0.25) is 4.90 Å². The molecular weight excluding hydrogens is 376 g/mol. The van der Waals surface area contributed by atoms with Crippen molar-refractivity contribution in [1.29, 1.82) is 0 Å². The van der Waals surface area contributed by atoms with Gasteiger partial charge in [0.25, 0.3) is 0 Å². The van der Waals surface area contributed by atoms with E-state index in [0.29, 0.717) is 31.0 Å². The minimum atomic E-state index is -3.58. The van der Waals surface area contributed by atoms with Gasteiger partial charge in [0.2, 0.25) is 10.0 Å². The molecule has 4 fully saturated rings. The van der Waals surface area contributed by atoms with E-state index in [-0.39, 0.29) is 10.5 Å². The van der Waals surface area contributed by atoms with Gasteiger partial charge in [0, 0.05) is 31.7 Å². The van der Waals surface area contributed by atoms with Gasteiger partial charge >= 0.3 is 5.97 Å². The number of fused-ring (bicyclic) bond motifs is 4. The molecule has 4 atom stereocenters. The maximum atomic E-state index is 13.2. The van der Waals surface area contributed by atoms with Gasteiger partial charge in [-0.2, -0.15) is 4.31 Å². The van der Waals surface area contributed by atoms with E-state index >= 15 is 0 Å². The molecule has 7 heteroatoms. The molecule has 0 aromatic heterocycles. The van der Waals surface area contributed by atoms with Crippen molar-refractivity contribution >= 4 is 16.0 Å². The molecule has 3 saturated heterocycles. The molecule has 1 aromatic rings. The zero-order valence-corrected chi connectivity index (χ0v) is 16.9. The highest BCUT2D eigenvalue weighted by Crippen LogP contribution is 2.46. The summed E-state index contributed by atoms with van der Waals surface area (Å²) in [6, 6.07) is 6.88. The molecule has 2 bridgehead atoms. The van der Waals surface area contributed by atoms with Gasteiger partial charge in [-0.15, -0.1) is 0 Å². The number of hydrogen-bond acceptors (Lipinski definition) is 4. The number of nitrogens with zero attached hydrogens (tertiary/aromatic N) is 2. The molecule has 3 aliphatic heterocycles. The minimum absolute atomic E-state index is 0.110. The number of benzene rings is 1. The Kier molecular flexibility index (Phi) is 4.52. The van der Waals surface area contributed by atoms with E-state index in [9.17, 15) is 13.2 Å². The van der Waals surface area contributed by atoms with E-state index < -0.39 is 16.0 Å². The molecule has 0 amide bonds. The van der Waals surface area contributed by atoms with Crippen LogP contribution in [0.15, 0.2) is 29.2 Å². The van der Waals surface area contributed by atoms with E-state index in [1.54, 1.807) is 4.31 Å². The third kappa shape index (κ3) is 3.17. The van der Waals surface area contributed by atoms with E-state index in [4.69, 9.17) is 5.11 Å². The number of aromatic carboxylic acids is 1. The first-order valence-corrected chi connectivity index (χ1v) is 12.0.